The molecule has 0 saturated heterocycles. The molecule has 2 rings (SSSR count). The van der Waals surface area contributed by atoms with E-state index >= 15 is 0 Å². The van der Waals surface area contributed by atoms with Gasteiger partial charge in [-0.1, -0.05) is 12.1 Å². The molecule has 1 aliphatic rings. The van der Waals surface area contributed by atoms with Crippen LogP contribution in [0.3, 0.4) is 0 Å². The summed E-state index contributed by atoms with van der Waals surface area (Å²) in [6, 6.07) is 7.77. The van der Waals surface area contributed by atoms with Crippen LogP contribution in [-0.4, -0.2) is 23.0 Å². The fourth-order valence-corrected chi connectivity index (χ4v) is 1.79. The highest BCUT2D eigenvalue weighted by atomic mass is 16.4. The van der Waals surface area contributed by atoms with Crippen LogP contribution in [-0.2, 0) is 16.0 Å². The third-order valence-corrected chi connectivity index (χ3v) is 3.09. The quantitative estimate of drug-likeness (QED) is 0.826. The molecule has 1 saturated carbocycles. The first kappa shape index (κ1) is 13.1. The smallest absolute Gasteiger partial charge is 0.326 e. The second kappa shape index (κ2) is 5.53. The lowest BCUT2D eigenvalue weighted by Crippen LogP contribution is -2.43. The van der Waals surface area contributed by atoms with Gasteiger partial charge in [-0.15, -0.1) is 0 Å². The van der Waals surface area contributed by atoms with Gasteiger partial charge in [0.1, 0.15) is 6.04 Å². The summed E-state index contributed by atoms with van der Waals surface area (Å²) in [5, 5.41) is 20.4. The Kier molecular flexibility index (Phi) is 3.81. The number of nitrogens with one attached hydrogen (secondary N) is 1. The molecule has 2 N–H and O–H groups in total. The standard InChI is InChI=1S/C14H14N2O3/c15-8-10-3-1-9(2-4-10)7-12(14(18)19)16-13(17)11-5-6-11/h1-4,11-12H,5-7H2,(H,16,17)(H,18,19)/t12-/m0/s1. The minimum absolute atomic E-state index is 0.0113. The highest BCUT2D eigenvalue weighted by Crippen LogP contribution is 2.29. The van der Waals surface area contributed by atoms with Crippen LogP contribution in [0.2, 0.25) is 0 Å². The van der Waals surface area contributed by atoms with Crippen LogP contribution in [0.25, 0.3) is 0 Å². The molecule has 1 amide bonds. The molecule has 0 aliphatic heterocycles. The maximum atomic E-state index is 11.6. The number of hydrogen-bond acceptors (Lipinski definition) is 3. The summed E-state index contributed by atoms with van der Waals surface area (Å²) in [7, 11) is 0. The van der Waals surface area contributed by atoms with Gasteiger partial charge < -0.3 is 10.4 Å². The Hall–Kier alpha value is -2.35. The Morgan fingerprint density at radius 3 is 2.47 bits per heavy atom. The molecule has 1 aromatic rings. The molecule has 1 aliphatic carbocycles. The second-order valence-corrected chi connectivity index (χ2v) is 4.69. The van der Waals surface area contributed by atoms with Gasteiger partial charge in [0.2, 0.25) is 5.91 Å². The van der Waals surface area contributed by atoms with Crippen LogP contribution in [0.5, 0.6) is 0 Å². The molecule has 1 aromatic carbocycles. The number of carboxylic acid groups (broad SMARTS) is 1. The van der Waals surface area contributed by atoms with Gasteiger partial charge in [-0.2, -0.15) is 5.26 Å². The summed E-state index contributed by atoms with van der Waals surface area (Å²) in [5.41, 5.74) is 1.31. The lowest BCUT2D eigenvalue weighted by atomic mass is 10.0. The van der Waals surface area contributed by atoms with Crippen molar-refractivity contribution < 1.29 is 14.7 Å². The van der Waals surface area contributed by atoms with Crippen molar-refractivity contribution in [1.29, 1.82) is 5.26 Å². The van der Waals surface area contributed by atoms with Crippen molar-refractivity contribution in [2.24, 2.45) is 5.92 Å². The molecular weight excluding hydrogens is 244 g/mol. The van der Waals surface area contributed by atoms with Gasteiger partial charge in [-0.25, -0.2) is 4.79 Å². The molecule has 0 aromatic heterocycles. The molecule has 0 unspecified atom stereocenters. The zero-order valence-electron chi connectivity index (χ0n) is 10.3. The van der Waals surface area contributed by atoms with Gasteiger partial charge in [-0.3, -0.25) is 4.79 Å². The third kappa shape index (κ3) is 3.55. The first-order valence-corrected chi connectivity index (χ1v) is 6.12. The number of carbonyl (C=O) groups is 2. The van der Waals surface area contributed by atoms with Crippen molar-refractivity contribution >= 4 is 11.9 Å². The van der Waals surface area contributed by atoms with Crippen LogP contribution >= 0.6 is 0 Å². The highest BCUT2D eigenvalue weighted by Gasteiger charge is 2.32. The predicted molar refractivity (Wildman–Crippen MR) is 67.2 cm³/mol. The number of aliphatic carboxylic acids is 1. The molecule has 0 bridgehead atoms. The third-order valence-electron chi connectivity index (χ3n) is 3.09. The zero-order chi connectivity index (χ0) is 13.8. The van der Waals surface area contributed by atoms with Crippen LogP contribution in [0.1, 0.15) is 24.0 Å². The molecule has 0 heterocycles. The van der Waals surface area contributed by atoms with Crippen LogP contribution < -0.4 is 5.32 Å². The molecule has 19 heavy (non-hydrogen) atoms. The van der Waals surface area contributed by atoms with E-state index < -0.39 is 12.0 Å². The largest absolute Gasteiger partial charge is 0.480 e. The number of carbonyl (C=O) groups excluding carboxylic acids is 1. The van der Waals surface area contributed by atoms with Crippen LogP contribution in [0.15, 0.2) is 24.3 Å². The highest BCUT2D eigenvalue weighted by molar-refractivity contribution is 5.86. The summed E-state index contributed by atoms with van der Waals surface area (Å²) in [5.74, 6) is -1.23. The van der Waals surface area contributed by atoms with Crippen molar-refractivity contribution in [3.63, 3.8) is 0 Å². The number of rotatable bonds is 5. The summed E-state index contributed by atoms with van der Waals surface area (Å²) < 4.78 is 0. The molecule has 5 heteroatoms. The Bertz CT molecular complexity index is 527. The molecule has 1 fully saturated rings. The Balaban J connectivity index is 2.00. The van der Waals surface area contributed by atoms with Gasteiger partial charge in [0.25, 0.3) is 0 Å². The maximum Gasteiger partial charge on any atom is 0.326 e. The summed E-state index contributed by atoms with van der Waals surface area (Å²) in [6.45, 7) is 0. The number of hydrogen-bond donors (Lipinski definition) is 2. The van der Waals surface area contributed by atoms with E-state index in [1.54, 1.807) is 24.3 Å². The summed E-state index contributed by atoms with van der Waals surface area (Å²) in [6.07, 6.45) is 1.91. The second-order valence-electron chi connectivity index (χ2n) is 4.69. The SMILES string of the molecule is N#Cc1ccc(C[C@H](NC(=O)C2CC2)C(=O)O)cc1. The normalized spacial score (nSPS) is 15.3. The van der Waals surface area contributed by atoms with Gasteiger partial charge in [0, 0.05) is 12.3 Å². The first-order valence-electron chi connectivity index (χ1n) is 6.12. The molecule has 0 spiro atoms. The number of amides is 1. The van der Waals surface area contributed by atoms with E-state index in [9.17, 15) is 9.59 Å². The van der Waals surface area contributed by atoms with Crippen molar-refractivity contribution in [2.45, 2.75) is 25.3 Å². The fourth-order valence-electron chi connectivity index (χ4n) is 1.79. The number of nitriles is 1. The first-order chi connectivity index (χ1) is 9.10. The van der Waals surface area contributed by atoms with E-state index in [1.807, 2.05) is 6.07 Å². The van der Waals surface area contributed by atoms with Gasteiger partial charge in [0.05, 0.1) is 11.6 Å². The minimum Gasteiger partial charge on any atom is -0.480 e. The number of benzene rings is 1. The van der Waals surface area contributed by atoms with Crippen molar-refractivity contribution in [3.05, 3.63) is 35.4 Å². The molecular formula is C14H14N2O3. The number of nitrogens with zero attached hydrogens (tertiary/aromatic N) is 1. The molecule has 0 radical (unpaired) electrons. The van der Waals surface area contributed by atoms with Gasteiger partial charge >= 0.3 is 5.97 Å². The van der Waals surface area contributed by atoms with E-state index in [1.165, 1.54) is 0 Å². The zero-order valence-corrected chi connectivity index (χ0v) is 10.3. The topological polar surface area (TPSA) is 90.2 Å². The molecule has 5 nitrogen and oxygen atoms in total. The fraction of sp³-hybridized carbons (Fsp3) is 0.357. The van der Waals surface area contributed by atoms with Crippen LogP contribution in [0, 0.1) is 17.2 Å². The van der Waals surface area contributed by atoms with Gasteiger partial charge in [-0.05, 0) is 30.5 Å². The van der Waals surface area contributed by atoms with E-state index in [0.29, 0.717) is 5.56 Å². The summed E-state index contributed by atoms with van der Waals surface area (Å²) >= 11 is 0. The Morgan fingerprint density at radius 1 is 1.37 bits per heavy atom. The van der Waals surface area contributed by atoms with E-state index in [4.69, 9.17) is 10.4 Å². The molecule has 1 atom stereocenters. The number of carboxylic acids is 1. The average molecular weight is 258 g/mol. The van der Waals surface area contributed by atoms with E-state index in [2.05, 4.69) is 5.32 Å². The predicted octanol–water partition coefficient (Wildman–Crippen LogP) is 1.08. The maximum absolute atomic E-state index is 11.6. The lowest BCUT2D eigenvalue weighted by molar-refractivity contribution is -0.142. The average Bonchev–Trinajstić information content (AvgIpc) is 3.23. The van der Waals surface area contributed by atoms with Crippen molar-refractivity contribution in [2.75, 3.05) is 0 Å². The van der Waals surface area contributed by atoms with Crippen molar-refractivity contribution in [3.8, 4) is 6.07 Å². The van der Waals surface area contributed by atoms with Crippen molar-refractivity contribution in [1.82, 2.24) is 5.32 Å². The minimum atomic E-state index is -1.04. The van der Waals surface area contributed by atoms with E-state index in [-0.39, 0.29) is 18.2 Å². The van der Waals surface area contributed by atoms with E-state index in [0.717, 1.165) is 18.4 Å². The Morgan fingerprint density at radius 2 is 2.00 bits per heavy atom. The Labute approximate surface area is 110 Å². The van der Waals surface area contributed by atoms with Gasteiger partial charge in [0.15, 0.2) is 0 Å². The monoisotopic (exact) mass is 258 g/mol. The lowest BCUT2D eigenvalue weighted by Gasteiger charge is -2.14. The van der Waals surface area contributed by atoms with Crippen LogP contribution in [0.4, 0.5) is 0 Å². The summed E-state index contributed by atoms with van der Waals surface area (Å²) in [4.78, 5) is 22.7. The molecule has 98 valence electrons.